The van der Waals surface area contributed by atoms with E-state index in [4.69, 9.17) is 5.73 Å². The Morgan fingerprint density at radius 3 is 2.60 bits per heavy atom. The highest BCUT2D eigenvalue weighted by Gasteiger charge is 2.08. The molecule has 110 valence electrons. The Kier molecular flexibility index (Phi) is 6.56. The zero-order valence-corrected chi connectivity index (χ0v) is 12.2. The molecule has 20 heavy (non-hydrogen) atoms. The largest absolute Gasteiger partial charge is 0.385 e. The van der Waals surface area contributed by atoms with E-state index in [0.29, 0.717) is 24.9 Å². The third kappa shape index (κ3) is 5.30. The molecule has 1 aromatic rings. The number of carbonyl (C=O) groups is 2. The molecule has 0 unspecified atom stereocenters. The van der Waals surface area contributed by atoms with Crippen LogP contribution in [0.15, 0.2) is 18.2 Å². The first-order valence-electron chi connectivity index (χ1n) is 6.95. The Labute approximate surface area is 119 Å². The third-order valence-corrected chi connectivity index (χ3v) is 2.99. The molecule has 0 saturated carbocycles. The summed E-state index contributed by atoms with van der Waals surface area (Å²) in [4.78, 5) is 22.6. The summed E-state index contributed by atoms with van der Waals surface area (Å²) in [5.74, 6) is -0.379. The second-order valence-corrected chi connectivity index (χ2v) is 4.74. The minimum atomic E-state index is -0.300. The van der Waals surface area contributed by atoms with Crippen molar-refractivity contribution in [1.82, 2.24) is 5.32 Å². The topological polar surface area (TPSA) is 84.2 Å². The van der Waals surface area contributed by atoms with E-state index in [2.05, 4.69) is 10.6 Å². The van der Waals surface area contributed by atoms with Gasteiger partial charge in [0.15, 0.2) is 0 Å². The number of carbonyl (C=O) groups excluding carboxylic acids is 2. The number of unbranched alkanes of at least 4 members (excludes halogenated alkanes) is 1. The van der Waals surface area contributed by atoms with Gasteiger partial charge in [-0.2, -0.15) is 0 Å². The molecular formula is C15H23N3O2. The quantitative estimate of drug-likeness (QED) is 0.634. The van der Waals surface area contributed by atoms with Crippen molar-refractivity contribution in [3.05, 3.63) is 29.3 Å². The zero-order chi connectivity index (χ0) is 15.0. The monoisotopic (exact) mass is 277 g/mol. The molecule has 0 bridgehead atoms. The number of primary amides is 1. The fraction of sp³-hybridized carbons (Fsp3) is 0.467. The maximum Gasteiger partial charge on any atom is 0.251 e. The molecule has 0 heterocycles. The first kappa shape index (κ1) is 16.0. The van der Waals surface area contributed by atoms with Crippen molar-refractivity contribution in [2.24, 2.45) is 5.73 Å². The van der Waals surface area contributed by atoms with E-state index in [1.165, 1.54) is 0 Å². The predicted octanol–water partition coefficient (Wildman–Crippen LogP) is 1.81. The fourth-order valence-electron chi connectivity index (χ4n) is 1.95. The maximum atomic E-state index is 12.0. The van der Waals surface area contributed by atoms with Gasteiger partial charge < -0.3 is 16.4 Å². The van der Waals surface area contributed by atoms with Gasteiger partial charge in [0.1, 0.15) is 0 Å². The van der Waals surface area contributed by atoms with Crippen LogP contribution in [-0.2, 0) is 4.79 Å². The number of hydrogen-bond donors (Lipinski definition) is 3. The van der Waals surface area contributed by atoms with Crippen LogP contribution in [0.1, 0.15) is 42.1 Å². The van der Waals surface area contributed by atoms with Gasteiger partial charge in [-0.15, -0.1) is 0 Å². The molecule has 0 spiro atoms. The number of benzene rings is 1. The van der Waals surface area contributed by atoms with E-state index in [-0.39, 0.29) is 11.8 Å². The van der Waals surface area contributed by atoms with Gasteiger partial charge >= 0.3 is 0 Å². The summed E-state index contributed by atoms with van der Waals surface area (Å²) in [5.41, 5.74) is 7.69. The first-order chi connectivity index (χ1) is 9.54. The van der Waals surface area contributed by atoms with Crippen molar-refractivity contribution >= 4 is 17.5 Å². The van der Waals surface area contributed by atoms with E-state index in [1.807, 2.05) is 32.0 Å². The van der Waals surface area contributed by atoms with E-state index in [1.54, 1.807) is 0 Å². The molecule has 0 radical (unpaired) electrons. The highest BCUT2D eigenvalue weighted by molar-refractivity contribution is 5.96. The van der Waals surface area contributed by atoms with Crippen LogP contribution in [0.5, 0.6) is 0 Å². The Balaban J connectivity index is 2.45. The highest BCUT2D eigenvalue weighted by Crippen LogP contribution is 2.15. The minimum Gasteiger partial charge on any atom is -0.385 e. The molecule has 0 aromatic heterocycles. The molecule has 2 amide bonds. The summed E-state index contributed by atoms with van der Waals surface area (Å²) in [7, 11) is 0. The van der Waals surface area contributed by atoms with Crippen LogP contribution < -0.4 is 16.4 Å². The van der Waals surface area contributed by atoms with E-state index >= 15 is 0 Å². The van der Waals surface area contributed by atoms with E-state index in [9.17, 15) is 9.59 Å². The van der Waals surface area contributed by atoms with E-state index < -0.39 is 0 Å². The first-order valence-corrected chi connectivity index (χ1v) is 6.95. The number of anilines is 1. The average Bonchev–Trinajstić information content (AvgIpc) is 2.38. The van der Waals surface area contributed by atoms with Crippen molar-refractivity contribution in [1.29, 1.82) is 0 Å². The smallest absolute Gasteiger partial charge is 0.251 e. The number of hydrogen-bond acceptors (Lipinski definition) is 3. The SMILES string of the molecule is CCNc1ccc(C(=O)NCCCCC(N)=O)c(C)c1. The van der Waals surface area contributed by atoms with Gasteiger partial charge in [-0.3, -0.25) is 9.59 Å². The minimum absolute atomic E-state index is 0.0791. The van der Waals surface area contributed by atoms with Gasteiger partial charge in [0.2, 0.25) is 5.91 Å². The molecule has 5 nitrogen and oxygen atoms in total. The molecule has 5 heteroatoms. The van der Waals surface area contributed by atoms with Crippen LogP contribution in [0.3, 0.4) is 0 Å². The molecular weight excluding hydrogens is 254 g/mol. The van der Waals surface area contributed by atoms with Crippen molar-refractivity contribution in [2.75, 3.05) is 18.4 Å². The molecule has 0 aliphatic rings. The van der Waals surface area contributed by atoms with Crippen LogP contribution in [0, 0.1) is 6.92 Å². The van der Waals surface area contributed by atoms with Crippen LogP contribution in [-0.4, -0.2) is 24.9 Å². The molecule has 1 aromatic carbocycles. The van der Waals surface area contributed by atoms with Gasteiger partial charge in [-0.25, -0.2) is 0 Å². The second kappa shape index (κ2) is 8.19. The molecule has 1 rings (SSSR count). The van der Waals surface area contributed by atoms with Crippen LogP contribution >= 0.6 is 0 Å². The summed E-state index contributed by atoms with van der Waals surface area (Å²) in [6.45, 7) is 5.36. The summed E-state index contributed by atoms with van der Waals surface area (Å²) in [5, 5.41) is 6.06. The van der Waals surface area contributed by atoms with Gasteiger partial charge in [0.05, 0.1) is 0 Å². The molecule has 0 fully saturated rings. The number of nitrogens with two attached hydrogens (primary N) is 1. The van der Waals surface area contributed by atoms with E-state index in [0.717, 1.165) is 24.2 Å². The fourth-order valence-corrected chi connectivity index (χ4v) is 1.95. The zero-order valence-electron chi connectivity index (χ0n) is 12.2. The van der Waals surface area contributed by atoms with Crippen LogP contribution in [0.4, 0.5) is 5.69 Å². The van der Waals surface area contributed by atoms with Crippen LogP contribution in [0.25, 0.3) is 0 Å². The maximum absolute atomic E-state index is 12.0. The molecule has 0 atom stereocenters. The van der Waals surface area contributed by atoms with Gasteiger partial charge in [0.25, 0.3) is 5.91 Å². The standard InChI is InChI=1S/C15H23N3O2/c1-3-17-12-7-8-13(11(2)10-12)15(20)18-9-5-4-6-14(16)19/h7-8,10,17H,3-6,9H2,1-2H3,(H2,16,19)(H,18,20). The molecule has 0 aliphatic carbocycles. The number of aryl methyl sites for hydroxylation is 1. The lowest BCUT2D eigenvalue weighted by atomic mass is 10.1. The van der Waals surface area contributed by atoms with Gasteiger partial charge in [0, 0.05) is 30.8 Å². The van der Waals surface area contributed by atoms with Gasteiger partial charge in [-0.05, 0) is 50.5 Å². The Bertz CT molecular complexity index is 472. The lowest BCUT2D eigenvalue weighted by Gasteiger charge is -2.10. The highest BCUT2D eigenvalue weighted by atomic mass is 16.2. The molecule has 0 aliphatic heterocycles. The van der Waals surface area contributed by atoms with Crippen molar-refractivity contribution in [2.45, 2.75) is 33.1 Å². The summed E-state index contributed by atoms with van der Waals surface area (Å²) >= 11 is 0. The number of rotatable bonds is 8. The van der Waals surface area contributed by atoms with Crippen molar-refractivity contribution < 1.29 is 9.59 Å². The third-order valence-electron chi connectivity index (χ3n) is 2.99. The van der Waals surface area contributed by atoms with Crippen LogP contribution in [0.2, 0.25) is 0 Å². The van der Waals surface area contributed by atoms with Crippen molar-refractivity contribution in [3.8, 4) is 0 Å². The summed E-state index contributed by atoms with van der Waals surface area (Å²) in [6, 6.07) is 5.69. The Morgan fingerprint density at radius 1 is 1.25 bits per heavy atom. The normalized spacial score (nSPS) is 10.1. The summed E-state index contributed by atoms with van der Waals surface area (Å²) in [6.07, 6.45) is 1.82. The Hall–Kier alpha value is -2.04. The number of nitrogens with one attached hydrogen (secondary N) is 2. The second-order valence-electron chi connectivity index (χ2n) is 4.74. The predicted molar refractivity (Wildman–Crippen MR) is 80.7 cm³/mol. The van der Waals surface area contributed by atoms with Gasteiger partial charge in [-0.1, -0.05) is 0 Å². The lowest BCUT2D eigenvalue weighted by molar-refractivity contribution is -0.118. The molecule has 4 N–H and O–H groups in total. The number of amides is 2. The molecule has 0 saturated heterocycles. The van der Waals surface area contributed by atoms with Crippen molar-refractivity contribution in [3.63, 3.8) is 0 Å². The average molecular weight is 277 g/mol. The Morgan fingerprint density at radius 2 is 2.00 bits per heavy atom. The lowest BCUT2D eigenvalue weighted by Crippen LogP contribution is -2.25. The summed E-state index contributed by atoms with van der Waals surface area (Å²) < 4.78 is 0.